The minimum Gasteiger partial charge on any atom is -0.310 e. The average Bonchev–Trinajstić information content (AvgIpc) is 3.12. The Morgan fingerprint density at radius 3 is 2.71 bits per heavy atom. The maximum atomic E-state index is 3.65. The van der Waals surface area contributed by atoms with Gasteiger partial charge in [0.25, 0.3) is 0 Å². The number of hydrogen-bond donors (Lipinski definition) is 1. The third kappa shape index (κ3) is 3.32. The largest absolute Gasteiger partial charge is 0.310 e. The van der Waals surface area contributed by atoms with Crippen molar-refractivity contribution in [2.45, 2.75) is 52.5 Å². The molecule has 1 N–H and O–H groups in total. The Balaban J connectivity index is 2.09. The maximum Gasteiger partial charge on any atom is 0.0322 e. The minimum atomic E-state index is 0.556. The number of aryl methyl sites for hydroxylation is 1. The van der Waals surface area contributed by atoms with Crippen LogP contribution in [-0.4, -0.2) is 6.54 Å². The molecule has 0 aliphatic heterocycles. The van der Waals surface area contributed by atoms with Gasteiger partial charge in [-0.3, -0.25) is 0 Å². The Bertz CT molecular complexity index is 366. The summed E-state index contributed by atoms with van der Waals surface area (Å²) in [4.78, 5) is 0. The molecule has 1 aliphatic carbocycles. The van der Waals surface area contributed by atoms with Crippen molar-refractivity contribution in [3.63, 3.8) is 0 Å². The Morgan fingerprint density at radius 1 is 1.29 bits per heavy atom. The van der Waals surface area contributed by atoms with Crippen molar-refractivity contribution in [1.82, 2.24) is 5.32 Å². The highest BCUT2D eigenvalue weighted by atomic mass is 14.9. The Labute approximate surface area is 106 Å². The van der Waals surface area contributed by atoms with Gasteiger partial charge in [-0.15, -0.1) is 0 Å². The summed E-state index contributed by atoms with van der Waals surface area (Å²) in [5.74, 6) is 1.03. The molecule has 0 amide bonds. The van der Waals surface area contributed by atoms with Crippen molar-refractivity contribution in [3.05, 3.63) is 34.9 Å². The first-order chi connectivity index (χ1) is 8.22. The fraction of sp³-hybridized carbons (Fsp3) is 0.625. The summed E-state index contributed by atoms with van der Waals surface area (Å²) in [6.07, 6.45) is 5.62. The Kier molecular flexibility index (Phi) is 4.22. The summed E-state index contributed by atoms with van der Waals surface area (Å²) in [5.41, 5.74) is 4.39. The van der Waals surface area contributed by atoms with Gasteiger partial charge < -0.3 is 5.32 Å². The van der Waals surface area contributed by atoms with Crippen molar-refractivity contribution in [2.24, 2.45) is 5.92 Å². The van der Waals surface area contributed by atoms with Crippen LogP contribution in [0.4, 0.5) is 0 Å². The zero-order valence-corrected chi connectivity index (χ0v) is 11.4. The first-order valence-electron chi connectivity index (χ1n) is 7.02. The third-order valence-electron chi connectivity index (χ3n) is 4.03. The van der Waals surface area contributed by atoms with E-state index in [-0.39, 0.29) is 0 Å². The van der Waals surface area contributed by atoms with E-state index in [0.29, 0.717) is 6.04 Å². The maximum absolute atomic E-state index is 3.65. The molecule has 2 rings (SSSR count). The molecule has 1 aromatic carbocycles. The van der Waals surface area contributed by atoms with Crippen LogP contribution in [0.15, 0.2) is 18.2 Å². The van der Waals surface area contributed by atoms with Gasteiger partial charge in [-0.1, -0.05) is 38.0 Å². The number of hydrogen-bond acceptors (Lipinski definition) is 1. The Morgan fingerprint density at radius 2 is 2.06 bits per heavy atom. The number of rotatable bonds is 6. The zero-order valence-electron chi connectivity index (χ0n) is 11.4. The zero-order chi connectivity index (χ0) is 12.3. The highest BCUT2D eigenvalue weighted by Gasteiger charge is 2.23. The Hall–Kier alpha value is -0.820. The lowest BCUT2D eigenvalue weighted by molar-refractivity contribution is 0.480. The van der Waals surface area contributed by atoms with E-state index in [9.17, 15) is 0 Å². The summed E-state index contributed by atoms with van der Waals surface area (Å²) in [5, 5.41) is 3.65. The second-order valence-electron chi connectivity index (χ2n) is 5.42. The van der Waals surface area contributed by atoms with E-state index in [1.165, 1.54) is 42.4 Å². The predicted molar refractivity (Wildman–Crippen MR) is 74.3 cm³/mol. The summed E-state index contributed by atoms with van der Waals surface area (Å²) >= 11 is 0. The van der Waals surface area contributed by atoms with E-state index in [4.69, 9.17) is 0 Å². The molecule has 0 aromatic heterocycles. The van der Waals surface area contributed by atoms with Crippen LogP contribution in [0.25, 0.3) is 0 Å². The summed E-state index contributed by atoms with van der Waals surface area (Å²) in [7, 11) is 0. The molecular formula is C16H25N. The molecule has 0 radical (unpaired) electrons. The summed E-state index contributed by atoms with van der Waals surface area (Å²) in [6.45, 7) is 7.73. The van der Waals surface area contributed by atoms with Crippen LogP contribution in [0.1, 0.15) is 55.3 Å². The lowest BCUT2D eigenvalue weighted by Crippen LogP contribution is -2.22. The minimum absolute atomic E-state index is 0.556. The molecule has 1 aliphatic rings. The van der Waals surface area contributed by atoms with E-state index in [0.717, 1.165) is 12.5 Å². The van der Waals surface area contributed by atoms with Crippen LogP contribution in [0.3, 0.4) is 0 Å². The summed E-state index contributed by atoms with van der Waals surface area (Å²) in [6, 6.07) is 7.25. The molecule has 1 nitrogen and oxygen atoms in total. The first kappa shape index (κ1) is 12.6. The lowest BCUT2D eigenvalue weighted by atomic mass is 9.94. The van der Waals surface area contributed by atoms with Crippen LogP contribution in [0.2, 0.25) is 0 Å². The molecule has 1 aromatic rings. The van der Waals surface area contributed by atoms with Gasteiger partial charge in [-0.2, -0.15) is 0 Å². The van der Waals surface area contributed by atoms with Crippen molar-refractivity contribution in [3.8, 4) is 0 Å². The number of benzene rings is 1. The van der Waals surface area contributed by atoms with Gasteiger partial charge in [0.15, 0.2) is 0 Å². The van der Waals surface area contributed by atoms with E-state index in [1.54, 1.807) is 0 Å². The van der Waals surface area contributed by atoms with Crippen LogP contribution >= 0.6 is 0 Å². The molecule has 17 heavy (non-hydrogen) atoms. The van der Waals surface area contributed by atoms with Crippen LogP contribution in [-0.2, 0) is 0 Å². The molecule has 1 heteroatoms. The third-order valence-corrected chi connectivity index (χ3v) is 4.03. The van der Waals surface area contributed by atoms with Crippen molar-refractivity contribution in [2.75, 3.05) is 6.54 Å². The highest BCUT2D eigenvalue weighted by molar-refractivity contribution is 5.35. The molecule has 94 valence electrons. The fourth-order valence-electron chi connectivity index (χ4n) is 2.57. The molecular weight excluding hydrogens is 206 g/mol. The smallest absolute Gasteiger partial charge is 0.0322 e. The second-order valence-corrected chi connectivity index (χ2v) is 5.42. The van der Waals surface area contributed by atoms with E-state index in [1.807, 2.05) is 0 Å². The molecule has 0 saturated heterocycles. The van der Waals surface area contributed by atoms with Gasteiger partial charge in [-0.25, -0.2) is 0 Å². The topological polar surface area (TPSA) is 12.0 Å². The quantitative estimate of drug-likeness (QED) is 0.775. The first-order valence-corrected chi connectivity index (χ1v) is 7.02. The fourth-order valence-corrected chi connectivity index (χ4v) is 2.57. The molecule has 0 heterocycles. The normalized spacial score (nSPS) is 17.1. The molecule has 1 fully saturated rings. The van der Waals surface area contributed by atoms with Crippen molar-refractivity contribution < 1.29 is 0 Å². The predicted octanol–water partition coefficient (Wildman–Crippen LogP) is 4.14. The molecule has 0 bridgehead atoms. The average molecular weight is 231 g/mol. The van der Waals surface area contributed by atoms with Gasteiger partial charge in [-0.05, 0) is 55.8 Å². The van der Waals surface area contributed by atoms with Crippen molar-refractivity contribution in [1.29, 1.82) is 0 Å². The van der Waals surface area contributed by atoms with Gasteiger partial charge in [0.05, 0.1) is 0 Å². The SMILES string of the molecule is CCNC(CCC1CC1)c1cccc(C)c1C. The van der Waals surface area contributed by atoms with E-state index in [2.05, 4.69) is 44.3 Å². The molecule has 1 saturated carbocycles. The highest BCUT2D eigenvalue weighted by Crippen LogP contribution is 2.36. The standard InChI is InChI=1S/C16H25N/c1-4-17-16(11-10-14-8-9-14)15-7-5-6-12(2)13(15)3/h5-7,14,16-17H,4,8-11H2,1-3H3. The van der Waals surface area contributed by atoms with Crippen molar-refractivity contribution >= 4 is 0 Å². The van der Waals surface area contributed by atoms with Crippen LogP contribution in [0, 0.1) is 19.8 Å². The summed E-state index contributed by atoms with van der Waals surface area (Å²) < 4.78 is 0. The number of nitrogens with one attached hydrogen (secondary N) is 1. The van der Waals surface area contributed by atoms with E-state index < -0.39 is 0 Å². The monoisotopic (exact) mass is 231 g/mol. The molecule has 0 spiro atoms. The lowest BCUT2D eigenvalue weighted by Gasteiger charge is -2.21. The van der Waals surface area contributed by atoms with Gasteiger partial charge in [0.1, 0.15) is 0 Å². The van der Waals surface area contributed by atoms with Gasteiger partial charge in [0.2, 0.25) is 0 Å². The van der Waals surface area contributed by atoms with E-state index >= 15 is 0 Å². The molecule has 1 unspecified atom stereocenters. The van der Waals surface area contributed by atoms with Gasteiger partial charge >= 0.3 is 0 Å². The van der Waals surface area contributed by atoms with Crippen LogP contribution < -0.4 is 5.32 Å². The van der Waals surface area contributed by atoms with Crippen LogP contribution in [0.5, 0.6) is 0 Å². The molecule has 1 atom stereocenters. The second kappa shape index (κ2) is 5.68. The van der Waals surface area contributed by atoms with Gasteiger partial charge in [0, 0.05) is 6.04 Å².